The number of amides is 1. The lowest BCUT2D eigenvalue weighted by molar-refractivity contribution is -0.153. The van der Waals surface area contributed by atoms with Crippen LogP contribution < -0.4 is 5.32 Å². The lowest BCUT2D eigenvalue weighted by Gasteiger charge is -2.36. The first-order valence-corrected chi connectivity index (χ1v) is 6.67. The minimum atomic E-state index is -1.03. The van der Waals surface area contributed by atoms with Crippen molar-refractivity contribution < 1.29 is 33.6 Å². The van der Waals surface area contributed by atoms with E-state index in [1.54, 1.807) is 7.11 Å². The molecule has 0 bridgehead atoms. The monoisotopic (exact) mass is 299 g/mol. The average molecular weight is 299 g/mol. The molecular formula is C13H17NO7. The average Bonchev–Trinajstić information content (AvgIpc) is 3.03. The molecule has 1 saturated carbocycles. The molecule has 2 aliphatic heterocycles. The maximum atomic E-state index is 11.4. The van der Waals surface area contributed by atoms with Gasteiger partial charge in [0.05, 0.1) is 30.5 Å². The number of carboxylic acids is 1. The zero-order valence-electron chi connectivity index (χ0n) is 11.7. The Bertz CT molecular complexity index is 505. The number of rotatable bonds is 4. The molecule has 1 amide bonds. The number of ether oxygens (including phenoxy) is 4. The van der Waals surface area contributed by atoms with Crippen molar-refractivity contribution in [1.82, 2.24) is 5.32 Å². The van der Waals surface area contributed by atoms with Gasteiger partial charge in [0.15, 0.2) is 0 Å². The molecule has 2 fully saturated rings. The number of hydrogen-bond acceptors (Lipinski definition) is 6. The number of methoxy groups -OCH3 is 1. The number of carboxylic acid groups (broad SMARTS) is 1. The minimum Gasteiger partial charge on any atom is -0.478 e. The fraction of sp³-hybridized carbons (Fsp3) is 0.692. The van der Waals surface area contributed by atoms with Gasteiger partial charge in [-0.2, -0.15) is 0 Å². The summed E-state index contributed by atoms with van der Waals surface area (Å²) >= 11 is 0. The van der Waals surface area contributed by atoms with E-state index in [9.17, 15) is 14.7 Å². The molecule has 1 aliphatic carbocycles. The molecule has 21 heavy (non-hydrogen) atoms. The van der Waals surface area contributed by atoms with Crippen molar-refractivity contribution in [2.45, 2.75) is 24.4 Å². The second kappa shape index (κ2) is 4.88. The molecule has 2 heterocycles. The van der Waals surface area contributed by atoms with Crippen molar-refractivity contribution in [1.29, 1.82) is 0 Å². The largest absolute Gasteiger partial charge is 0.478 e. The first-order valence-electron chi connectivity index (χ1n) is 6.67. The van der Waals surface area contributed by atoms with Crippen LogP contribution in [0.1, 0.15) is 6.42 Å². The quantitative estimate of drug-likeness (QED) is 0.708. The molecule has 3 rings (SSSR count). The summed E-state index contributed by atoms with van der Waals surface area (Å²) in [6.45, 7) is 0.308. The molecule has 3 aliphatic rings. The second-order valence-electron chi connectivity index (χ2n) is 5.40. The zero-order valence-corrected chi connectivity index (χ0v) is 11.7. The Labute approximate surface area is 121 Å². The molecule has 8 nitrogen and oxygen atoms in total. The third kappa shape index (κ3) is 2.06. The Morgan fingerprint density at radius 3 is 2.95 bits per heavy atom. The van der Waals surface area contributed by atoms with Crippen LogP contribution in [-0.2, 0) is 23.7 Å². The lowest BCUT2D eigenvalue weighted by atomic mass is 9.81. The molecule has 0 aromatic carbocycles. The maximum Gasteiger partial charge on any atom is 0.409 e. The highest BCUT2D eigenvalue weighted by Gasteiger charge is 2.73. The highest BCUT2D eigenvalue weighted by Crippen LogP contribution is 2.61. The van der Waals surface area contributed by atoms with E-state index in [4.69, 9.17) is 18.9 Å². The highest BCUT2D eigenvalue weighted by molar-refractivity contribution is 5.87. The van der Waals surface area contributed by atoms with E-state index < -0.39 is 29.9 Å². The summed E-state index contributed by atoms with van der Waals surface area (Å²) in [7, 11) is 2.99. The van der Waals surface area contributed by atoms with E-state index in [0.29, 0.717) is 13.0 Å². The Kier molecular flexibility index (Phi) is 3.29. The summed E-state index contributed by atoms with van der Waals surface area (Å²) in [6, 6.07) is 0. The molecule has 1 saturated heterocycles. The topological polar surface area (TPSA) is 107 Å². The fourth-order valence-corrected chi connectivity index (χ4v) is 3.47. The third-order valence-corrected chi connectivity index (χ3v) is 4.38. The number of epoxide rings is 1. The molecular weight excluding hydrogens is 282 g/mol. The normalized spacial score (nSPS) is 39.4. The van der Waals surface area contributed by atoms with Crippen LogP contribution in [0.4, 0.5) is 4.79 Å². The summed E-state index contributed by atoms with van der Waals surface area (Å²) in [5.74, 6) is -1.70. The number of carbonyl (C=O) groups is 2. The predicted octanol–water partition coefficient (Wildman–Crippen LogP) is 0.0873. The predicted molar refractivity (Wildman–Crippen MR) is 67.2 cm³/mol. The van der Waals surface area contributed by atoms with Crippen molar-refractivity contribution in [2.24, 2.45) is 11.8 Å². The van der Waals surface area contributed by atoms with Crippen LogP contribution in [0.5, 0.6) is 0 Å². The van der Waals surface area contributed by atoms with E-state index in [0.717, 1.165) is 0 Å². The highest BCUT2D eigenvalue weighted by atomic mass is 16.7. The minimum absolute atomic E-state index is 0.0901. The summed E-state index contributed by atoms with van der Waals surface area (Å²) in [5, 5.41) is 11.6. The molecule has 116 valence electrons. The van der Waals surface area contributed by atoms with Crippen LogP contribution in [0.15, 0.2) is 11.8 Å². The van der Waals surface area contributed by atoms with Gasteiger partial charge in [0.1, 0.15) is 5.60 Å². The van der Waals surface area contributed by atoms with E-state index in [2.05, 4.69) is 5.32 Å². The first kappa shape index (κ1) is 14.2. The summed E-state index contributed by atoms with van der Waals surface area (Å²) in [5.41, 5.74) is -0.449. The van der Waals surface area contributed by atoms with Gasteiger partial charge in [0, 0.05) is 20.1 Å². The van der Waals surface area contributed by atoms with Gasteiger partial charge < -0.3 is 29.4 Å². The molecule has 5 atom stereocenters. The Balaban J connectivity index is 1.89. The summed E-state index contributed by atoms with van der Waals surface area (Å²) in [4.78, 5) is 22.8. The van der Waals surface area contributed by atoms with Gasteiger partial charge in [-0.25, -0.2) is 9.59 Å². The Morgan fingerprint density at radius 2 is 2.33 bits per heavy atom. The number of aliphatic carboxylic acids is 1. The van der Waals surface area contributed by atoms with Crippen LogP contribution in [0.2, 0.25) is 0 Å². The van der Waals surface area contributed by atoms with Crippen molar-refractivity contribution in [3.8, 4) is 0 Å². The van der Waals surface area contributed by atoms with Crippen LogP contribution in [0.25, 0.3) is 0 Å². The van der Waals surface area contributed by atoms with Crippen molar-refractivity contribution in [2.75, 3.05) is 20.8 Å². The molecule has 0 aromatic rings. The number of carbonyl (C=O) groups excluding carboxylic acids is 1. The molecule has 0 aromatic heterocycles. The smallest absolute Gasteiger partial charge is 0.409 e. The standard InChI is InChI=1S/C13H17NO7/c1-14-12(17)20-11-9-6(7(4-19-11)10(15)16)3-8-13(9,21-8)5-18-2/h4,6,8-9,11H,3,5H2,1-2H3,(H,14,17)(H,15,16). The number of hydrogen-bond donors (Lipinski definition) is 2. The van der Waals surface area contributed by atoms with Crippen LogP contribution >= 0.6 is 0 Å². The van der Waals surface area contributed by atoms with Gasteiger partial charge in [-0.3, -0.25) is 0 Å². The molecule has 0 radical (unpaired) electrons. The summed E-state index contributed by atoms with van der Waals surface area (Å²) < 4.78 is 21.4. The van der Waals surface area contributed by atoms with Crippen LogP contribution in [0, 0.1) is 11.8 Å². The van der Waals surface area contributed by atoms with Crippen molar-refractivity contribution in [3.05, 3.63) is 11.8 Å². The van der Waals surface area contributed by atoms with Crippen LogP contribution in [0.3, 0.4) is 0 Å². The number of alkyl carbamates (subject to hydrolysis) is 1. The SMILES string of the molecule is CNC(=O)OC1OC=C(C(=O)O)C2CC3OC3(COC)C12. The van der Waals surface area contributed by atoms with Gasteiger partial charge in [0.25, 0.3) is 6.29 Å². The number of nitrogens with one attached hydrogen (secondary N) is 1. The van der Waals surface area contributed by atoms with E-state index in [1.165, 1.54) is 13.3 Å². The fourth-order valence-electron chi connectivity index (χ4n) is 3.47. The van der Waals surface area contributed by atoms with Gasteiger partial charge in [-0.15, -0.1) is 0 Å². The molecule has 8 heteroatoms. The second-order valence-corrected chi connectivity index (χ2v) is 5.40. The third-order valence-electron chi connectivity index (χ3n) is 4.38. The number of fused-ring (bicyclic) bond motifs is 3. The van der Waals surface area contributed by atoms with Crippen molar-refractivity contribution >= 4 is 12.1 Å². The van der Waals surface area contributed by atoms with E-state index >= 15 is 0 Å². The molecule has 0 spiro atoms. The van der Waals surface area contributed by atoms with Crippen LogP contribution in [-0.4, -0.2) is 55.9 Å². The summed E-state index contributed by atoms with van der Waals surface area (Å²) in [6.07, 6.45) is 0.113. The maximum absolute atomic E-state index is 11.4. The van der Waals surface area contributed by atoms with E-state index in [-0.39, 0.29) is 17.6 Å². The van der Waals surface area contributed by atoms with Gasteiger partial charge in [-0.1, -0.05) is 0 Å². The van der Waals surface area contributed by atoms with Gasteiger partial charge in [-0.05, 0) is 6.42 Å². The zero-order chi connectivity index (χ0) is 15.2. The Morgan fingerprint density at radius 1 is 1.57 bits per heavy atom. The molecule has 5 unspecified atom stereocenters. The van der Waals surface area contributed by atoms with Crippen molar-refractivity contribution in [3.63, 3.8) is 0 Å². The first-order chi connectivity index (χ1) is 10.0. The Hall–Kier alpha value is -1.80. The lowest BCUT2D eigenvalue weighted by Crippen LogP contribution is -2.46. The molecule has 2 N–H and O–H groups in total. The van der Waals surface area contributed by atoms with Gasteiger partial charge in [0.2, 0.25) is 0 Å². The van der Waals surface area contributed by atoms with Gasteiger partial charge >= 0.3 is 12.1 Å². The van der Waals surface area contributed by atoms with E-state index in [1.807, 2.05) is 0 Å².